The molecule has 2 heterocycles. The molecule has 1 fully saturated rings. The first-order valence-corrected chi connectivity index (χ1v) is 11.4. The zero-order valence-electron chi connectivity index (χ0n) is 18.7. The summed E-state index contributed by atoms with van der Waals surface area (Å²) in [5, 5.41) is 18.0. The fourth-order valence-electron chi connectivity index (χ4n) is 4.47. The molecule has 0 radical (unpaired) electrons. The fourth-order valence-corrected chi connectivity index (χ4v) is 4.47. The first-order chi connectivity index (χ1) is 17.0. The number of hydrogen-bond acceptors (Lipinski definition) is 6. The van der Waals surface area contributed by atoms with Crippen molar-refractivity contribution in [1.29, 1.82) is 5.26 Å². The first kappa shape index (κ1) is 22.5. The van der Waals surface area contributed by atoms with Gasteiger partial charge in [0, 0.05) is 12.0 Å². The van der Waals surface area contributed by atoms with Gasteiger partial charge in [-0.3, -0.25) is 4.79 Å². The van der Waals surface area contributed by atoms with Crippen LogP contribution in [-0.4, -0.2) is 37.1 Å². The van der Waals surface area contributed by atoms with E-state index in [9.17, 15) is 9.18 Å². The van der Waals surface area contributed by atoms with Crippen LogP contribution in [-0.2, 0) is 4.79 Å². The highest BCUT2D eigenvalue weighted by atomic mass is 19.1. The predicted molar refractivity (Wildman–Crippen MR) is 126 cm³/mol. The Kier molecular flexibility index (Phi) is 6.10. The van der Waals surface area contributed by atoms with E-state index in [1.54, 1.807) is 36.5 Å². The third-order valence-corrected chi connectivity index (χ3v) is 6.30. The van der Waals surface area contributed by atoms with Crippen LogP contribution in [0.25, 0.3) is 33.7 Å². The number of carbonyl (C=O) groups is 1. The van der Waals surface area contributed by atoms with Gasteiger partial charge in [-0.1, -0.05) is 6.07 Å². The van der Waals surface area contributed by atoms with Crippen LogP contribution in [0.3, 0.4) is 0 Å². The van der Waals surface area contributed by atoms with Crippen molar-refractivity contribution in [2.24, 2.45) is 5.92 Å². The Morgan fingerprint density at radius 1 is 1.14 bits per heavy atom. The van der Waals surface area contributed by atoms with E-state index in [1.807, 2.05) is 0 Å². The molecule has 176 valence electrons. The number of hydrogen-bond donors (Lipinski definition) is 2. The smallest absolute Gasteiger partial charge is 0.303 e. The lowest BCUT2D eigenvalue weighted by molar-refractivity contribution is -0.138. The number of halogens is 1. The second-order valence-electron chi connectivity index (χ2n) is 8.72. The number of rotatable bonds is 6. The Hall–Kier alpha value is -4.32. The third-order valence-electron chi connectivity index (χ3n) is 6.30. The number of nitrogens with zero attached hydrogens (tertiary/aromatic N) is 4. The van der Waals surface area contributed by atoms with Crippen LogP contribution in [0.15, 0.2) is 48.8 Å². The molecule has 2 aromatic carbocycles. The summed E-state index contributed by atoms with van der Waals surface area (Å²) in [7, 11) is 0. The van der Waals surface area contributed by atoms with E-state index in [1.165, 1.54) is 12.3 Å². The maximum Gasteiger partial charge on any atom is 0.303 e. The summed E-state index contributed by atoms with van der Waals surface area (Å²) in [6, 6.07) is 11.9. The van der Waals surface area contributed by atoms with Gasteiger partial charge in [0.05, 0.1) is 46.3 Å². The summed E-state index contributed by atoms with van der Waals surface area (Å²) in [6.07, 6.45) is 6.47. The van der Waals surface area contributed by atoms with Crippen molar-refractivity contribution < 1.29 is 19.0 Å². The molecular weight excluding hydrogens is 449 g/mol. The number of H-pyrrole nitrogens is 1. The minimum atomic E-state index is -0.757. The van der Waals surface area contributed by atoms with Gasteiger partial charge >= 0.3 is 5.97 Å². The Bertz CT molecular complexity index is 1420. The van der Waals surface area contributed by atoms with Crippen LogP contribution in [0.2, 0.25) is 0 Å². The van der Waals surface area contributed by atoms with Crippen molar-refractivity contribution in [2.45, 2.75) is 38.2 Å². The molecule has 8 nitrogen and oxygen atoms in total. The molecule has 4 aromatic rings. The second kappa shape index (κ2) is 9.50. The predicted octanol–water partition coefficient (Wildman–Crippen LogP) is 5.11. The summed E-state index contributed by atoms with van der Waals surface area (Å²) in [5.74, 6) is -0.235. The molecule has 0 spiro atoms. The zero-order chi connectivity index (χ0) is 24.4. The van der Waals surface area contributed by atoms with E-state index in [0.29, 0.717) is 45.1 Å². The topological polar surface area (TPSA) is 125 Å². The van der Waals surface area contributed by atoms with Gasteiger partial charge in [-0.2, -0.15) is 5.26 Å². The van der Waals surface area contributed by atoms with Gasteiger partial charge in [0.25, 0.3) is 0 Å². The lowest BCUT2D eigenvalue weighted by atomic mass is 9.85. The van der Waals surface area contributed by atoms with Crippen molar-refractivity contribution in [2.75, 3.05) is 0 Å². The molecule has 0 saturated heterocycles. The van der Waals surface area contributed by atoms with Crippen LogP contribution >= 0.6 is 0 Å². The number of nitriles is 1. The molecule has 0 atom stereocenters. The summed E-state index contributed by atoms with van der Waals surface area (Å²) in [6.45, 7) is 0. The largest absolute Gasteiger partial charge is 0.481 e. The highest BCUT2D eigenvalue weighted by Crippen LogP contribution is 2.30. The number of benzene rings is 2. The number of aromatic amines is 1. The van der Waals surface area contributed by atoms with E-state index in [4.69, 9.17) is 15.1 Å². The van der Waals surface area contributed by atoms with Crippen LogP contribution < -0.4 is 4.74 Å². The van der Waals surface area contributed by atoms with Crippen LogP contribution in [0.1, 0.15) is 37.7 Å². The SMILES string of the molecule is N#Cc1ccc2nc(-c3ccc(-c4cnc(O[C@H]5CC[C@@H](CC(=O)O)CC5)cn4)cc3F)[nH]c2c1. The standard InChI is InChI=1S/C26H22FN5O3/c27-20-11-17(4-7-19(20)26-31-21-8-3-16(12-28)9-22(21)32-26)23-13-30-24(14-29-23)35-18-5-1-15(2-6-18)10-25(33)34/h3-4,7-9,11,13-15,18H,1-2,5-6,10H2,(H,31,32)(H,33,34)/t15-,18+. The van der Waals surface area contributed by atoms with Crippen LogP contribution in [0.5, 0.6) is 5.88 Å². The van der Waals surface area contributed by atoms with E-state index >= 15 is 0 Å². The Labute approximate surface area is 200 Å². The molecule has 35 heavy (non-hydrogen) atoms. The van der Waals surface area contributed by atoms with Crippen molar-refractivity contribution in [3.8, 4) is 34.6 Å². The Morgan fingerprint density at radius 3 is 2.66 bits per heavy atom. The molecule has 0 aliphatic heterocycles. The monoisotopic (exact) mass is 471 g/mol. The third kappa shape index (κ3) is 4.96. The lowest BCUT2D eigenvalue weighted by Gasteiger charge is -2.27. The minimum Gasteiger partial charge on any atom is -0.481 e. The molecule has 0 unspecified atom stereocenters. The van der Waals surface area contributed by atoms with Crippen molar-refractivity contribution in [1.82, 2.24) is 19.9 Å². The normalized spacial score (nSPS) is 17.7. The highest BCUT2D eigenvalue weighted by Gasteiger charge is 2.24. The fraction of sp³-hybridized carbons (Fsp3) is 0.269. The van der Waals surface area contributed by atoms with Crippen molar-refractivity contribution in [3.63, 3.8) is 0 Å². The molecule has 1 aliphatic carbocycles. The molecule has 5 rings (SSSR count). The van der Waals surface area contributed by atoms with Gasteiger partial charge < -0.3 is 14.8 Å². The number of nitrogens with one attached hydrogen (secondary N) is 1. The van der Waals surface area contributed by atoms with Gasteiger partial charge in [0.15, 0.2) is 0 Å². The number of carboxylic acid groups (broad SMARTS) is 1. The maximum atomic E-state index is 15.0. The number of aliphatic carboxylic acids is 1. The van der Waals surface area contributed by atoms with Crippen LogP contribution in [0.4, 0.5) is 4.39 Å². The molecule has 0 bridgehead atoms. The Morgan fingerprint density at radius 2 is 1.97 bits per heavy atom. The molecule has 9 heteroatoms. The Balaban J connectivity index is 1.27. The summed E-state index contributed by atoms with van der Waals surface area (Å²) in [4.78, 5) is 27.1. The lowest BCUT2D eigenvalue weighted by Crippen LogP contribution is -2.25. The molecule has 0 amide bonds. The molecule has 2 aromatic heterocycles. The number of carboxylic acids is 1. The van der Waals surface area contributed by atoms with Crippen molar-refractivity contribution in [3.05, 3.63) is 60.2 Å². The molecular formula is C26H22FN5O3. The van der Waals surface area contributed by atoms with Gasteiger partial charge in [0.1, 0.15) is 17.7 Å². The first-order valence-electron chi connectivity index (χ1n) is 11.4. The number of aromatic nitrogens is 4. The second-order valence-corrected chi connectivity index (χ2v) is 8.72. The zero-order valence-corrected chi connectivity index (χ0v) is 18.7. The van der Waals surface area contributed by atoms with E-state index in [-0.39, 0.29) is 18.4 Å². The molecule has 1 aliphatic rings. The van der Waals surface area contributed by atoms with E-state index in [2.05, 4.69) is 26.0 Å². The minimum absolute atomic E-state index is 0.00929. The maximum absolute atomic E-state index is 15.0. The average Bonchev–Trinajstić information content (AvgIpc) is 3.28. The van der Waals surface area contributed by atoms with Gasteiger partial charge in [0.2, 0.25) is 5.88 Å². The summed E-state index contributed by atoms with van der Waals surface area (Å²) >= 11 is 0. The molecule has 2 N–H and O–H groups in total. The summed E-state index contributed by atoms with van der Waals surface area (Å²) in [5.41, 5.74) is 3.22. The number of ether oxygens (including phenoxy) is 1. The van der Waals surface area contributed by atoms with Gasteiger partial charge in [-0.25, -0.2) is 19.3 Å². The van der Waals surface area contributed by atoms with E-state index in [0.717, 1.165) is 25.7 Å². The van der Waals surface area contributed by atoms with Gasteiger partial charge in [-0.15, -0.1) is 0 Å². The molecule has 1 saturated carbocycles. The number of imidazole rings is 1. The average molecular weight is 471 g/mol. The van der Waals surface area contributed by atoms with Crippen molar-refractivity contribution >= 4 is 17.0 Å². The summed E-state index contributed by atoms with van der Waals surface area (Å²) < 4.78 is 20.9. The van der Waals surface area contributed by atoms with E-state index < -0.39 is 11.8 Å². The quantitative estimate of drug-likeness (QED) is 0.400. The highest BCUT2D eigenvalue weighted by molar-refractivity contribution is 5.81. The number of fused-ring (bicyclic) bond motifs is 1. The van der Waals surface area contributed by atoms with Gasteiger partial charge in [-0.05, 0) is 61.9 Å². The van der Waals surface area contributed by atoms with Crippen LogP contribution in [0, 0.1) is 23.1 Å².